The van der Waals surface area contributed by atoms with Crippen molar-refractivity contribution in [1.29, 1.82) is 0 Å². The molecule has 2 aromatic carbocycles. The van der Waals surface area contributed by atoms with Crippen LogP contribution in [0.15, 0.2) is 46.9 Å². The van der Waals surface area contributed by atoms with Gasteiger partial charge in [0.1, 0.15) is 11.3 Å². The fourth-order valence-corrected chi connectivity index (χ4v) is 2.57. The summed E-state index contributed by atoms with van der Waals surface area (Å²) in [5, 5.41) is 5.46. The van der Waals surface area contributed by atoms with E-state index in [0.29, 0.717) is 28.1 Å². The minimum Gasteiger partial charge on any atom is -0.495 e. The van der Waals surface area contributed by atoms with E-state index in [-0.39, 0.29) is 30.1 Å². The Morgan fingerprint density at radius 1 is 1.23 bits per heavy atom. The predicted molar refractivity (Wildman–Crippen MR) is 97.6 cm³/mol. The Morgan fingerprint density at radius 2 is 2.04 bits per heavy atom. The Labute approximate surface area is 154 Å². The van der Waals surface area contributed by atoms with Crippen molar-refractivity contribution in [1.82, 2.24) is 10.3 Å². The van der Waals surface area contributed by atoms with Gasteiger partial charge in [0.15, 0.2) is 5.58 Å². The number of ether oxygens (including phenoxy) is 1. The lowest BCUT2D eigenvalue weighted by Gasteiger charge is -2.10. The van der Waals surface area contributed by atoms with Gasteiger partial charge in [0.2, 0.25) is 5.91 Å². The van der Waals surface area contributed by atoms with E-state index >= 15 is 0 Å². The second-order valence-electron chi connectivity index (χ2n) is 5.40. The van der Waals surface area contributed by atoms with Crippen LogP contribution in [0.25, 0.3) is 11.1 Å². The highest BCUT2D eigenvalue weighted by Crippen LogP contribution is 2.23. The number of hydrogen-bond donors (Lipinski definition) is 2. The molecule has 26 heavy (non-hydrogen) atoms. The highest BCUT2D eigenvalue weighted by Gasteiger charge is 2.11. The summed E-state index contributed by atoms with van der Waals surface area (Å²) in [6, 6.07) is 11.9. The molecule has 0 spiro atoms. The maximum atomic E-state index is 12.2. The van der Waals surface area contributed by atoms with Gasteiger partial charge in [0.05, 0.1) is 12.8 Å². The highest BCUT2D eigenvalue weighted by molar-refractivity contribution is 6.28. The van der Waals surface area contributed by atoms with Gasteiger partial charge in [-0.2, -0.15) is 4.98 Å². The predicted octanol–water partition coefficient (Wildman–Crippen LogP) is 3.25. The minimum absolute atomic E-state index is 0.0190. The number of nitrogens with zero attached hydrogens (tertiary/aromatic N) is 1. The zero-order valence-electron chi connectivity index (χ0n) is 13.9. The number of carbonyl (C=O) groups excluding carboxylic acids is 2. The number of carbonyl (C=O) groups is 2. The fraction of sp³-hybridized carbons (Fsp3) is 0.167. The van der Waals surface area contributed by atoms with E-state index < -0.39 is 0 Å². The number of amides is 2. The molecular weight excluding hydrogens is 358 g/mol. The van der Waals surface area contributed by atoms with Crippen molar-refractivity contribution in [2.24, 2.45) is 0 Å². The Hall–Kier alpha value is -3.06. The molecule has 8 heteroatoms. The van der Waals surface area contributed by atoms with Crippen molar-refractivity contribution in [3.63, 3.8) is 0 Å². The number of nitrogens with one attached hydrogen (secondary N) is 2. The van der Waals surface area contributed by atoms with Crippen LogP contribution in [0, 0.1) is 0 Å². The highest BCUT2D eigenvalue weighted by atomic mass is 35.5. The molecule has 2 N–H and O–H groups in total. The lowest BCUT2D eigenvalue weighted by atomic mass is 10.2. The van der Waals surface area contributed by atoms with Crippen molar-refractivity contribution in [3.8, 4) is 5.75 Å². The smallest absolute Gasteiger partial charge is 0.293 e. The van der Waals surface area contributed by atoms with E-state index in [1.54, 1.807) is 36.4 Å². The number of para-hydroxylation sites is 2. The number of anilines is 1. The van der Waals surface area contributed by atoms with E-state index in [2.05, 4.69) is 15.6 Å². The summed E-state index contributed by atoms with van der Waals surface area (Å²) >= 11 is 5.69. The van der Waals surface area contributed by atoms with Gasteiger partial charge in [-0.05, 0) is 41.9 Å². The Morgan fingerprint density at radius 3 is 2.85 bits per heavy atom. The van der Waals surface area contributed by atoms with Crippen LogP contribution in [0.1, 0.15) is 16.8 Å². The molecule has 0 radical (unpaired) electrons. The molecule has 0 aliphatic heterocycles. The Balaban J connectivity index is 1.53. The number of methoxy groups -OCH3 is 1. The van der Waals surface area contributed by atoms with Crippen molar-refractivity contribution in [2.75, 3.05) is 19.0 Å². The van der Waals surface area contributed by atoms with Crippen LogP contribution in [-0.4, -0.2) is 30.5 Å². The summed E-state index contributed by atoms with van der Waals surface area (Å²) in [6.45, 7) is 0.192. The molecule has 0 aliphatic carbocycles. The topological polar surface area (TPSA) is 93.5 Å². The van der Waals surface area contributed by atoms with Gasteiger partial charge >= 0.3 is 0 Å². The van der Waals surface area contributed by atoms with Crippen LogP contribution in [-0.2, 0) is 4.79 Å². The molecule has 0 unspecified atom stereocenters. The molecule has 0 fully saturated rings. The van der Waals surface area contributed by atoms with Crippen LogP contribution >= 0.6 is 11.6 Å². The van der Waals surface area contributed by atoms with E-state index in [1.165, 1.54) is 7.11 Å². The summed E-state index contributed by atoms with van der Waals surface area (Å²) in [4.78, 5) is 28.2. The molecular formula is C18H16ClN3O4. The van der Waals surface area contributed by atoms with Crippen molar-refractivity contribution >= 4 is 40.2 Å². The fourth-order valence-electron chi connectivity index (χ4n) is 2.39. The quantitative estimate of drug-likeness (QED) is 0.691. The largest absolute Gasteiger partial charge is 0.495 e. The van der Waals surface area contributed by atoms with Crippen LogP contribution in [0.4, 0.5) is 5.69 Å². The molecule has 0 bridgehead atoms. The first-order valence-corrected chi connectivity index (χ1v) is 8.22. The van der Waals surface area contributed by atoms with E-state index in [1.807, 2.05) is 6.07 Å². The van der Waals surface area contributed by atoms with Gasteiger partial charge in [-0.15, -0.1) is 0 Å². The maximum Gasteiger partial charge on any atom is 0.293 e. The lowest BCUT2D eigenvalue weighted by Crippen LogP contribution is -2.27. The van der Waals surface area contributed by atoms with Crippen molar-refractivity contribution in [3.05, 3.63) is 53.4 Å². The first-order valence-electron chi connectivity index (χ1n) is 7.84. The number of halogens is 1. The van der Waals surface area contributed by atoms with Gasteiger partial charge in [0, 0.05) is 18.5 Å². The standard InChI is InChI=1S/C18H16ClN3O4/c1-25-14-5-3-2-4-12(14)21-16(23)8-9-20-17(24)11-6-7-15-13(10-11)22-18(19)26-15/h2-7,10H,8-9H2,1H3,(H,20,24)(H,21,23). The summed E-state index contributed by atoms with van der Waals surface area (Å²) in [5.74, 6) is 0.0362. The first-order chi connectivity index (χ1) is 12.6. The second-order valence-corrected chi connectivity index (χ2v) is 5.73. The number of rotatable bonds is 6. The molecule has 1 heterocycles. The minimum atomic E-state index is -0.309. The Bertz CT molecular complexity index is 955. The third kappa shape index (κ3) is 4.12. The second kappa shape index (κ2) is 7.88. The third-order valence-corrected chi connectivity index (χ3v) is 3.80. The van der Waals surface area contributed by atoms with Crippen molar-refractivity contribution < 1.29 is 18.7 Å². The van der Waals surface area contributed by atoms with E-state index in [9.17, 15) is 9.59 Å². The zero-order valence-corrected chi connectivity index (χ0v) is 14.7. The summed E-state index contributed by atoms with van der Waals surface area (Å²) in [7, 11) is 1.53. The van der Waals surface area contributed by atoms with Crippen molar-refractivity contribution in [2.45, 2.75) is 6.42 Å². The lowest BCUT2D eigenvalue weighted by molar-refractivity contribution is -0.116. The van der Waals surface area contributed by atoms with Gasteiger partial charge < -0.3 is 19.8 Å². The van der Waals surface area contributed by atoms with Crippen LogP contribution < -0.4 is 15.4 Å². The normalized spacial score (nSPS) is 10.5. The van der Waals surface area contributed by atoms with Crippen LogP contribution in [0.5, 0.6) is 5.75 Å². The zero-order chi connectivity index (χ0) is 18.5. The average molecular weight is 374 g/mol. The molecule has 0 saturated heterocycles. The Kier molecular flexibility index (Phi) is 5.38. The van der Waals surface area contributed by atoms with E-state index in [0.717, 1.165) is 0 Å². The van der Waals surface area contributed by atoms with Gasteiger partial charge in [-0.3, -0.25) is 9.59 Å². The number of benzene rings is 2. The SMILES string of the molecule is COc1ccccc1NC(=O)CCNC(=O)c1ccc2oc(Cl)nc2c1. The molecule has 3 aromatic rings. The molecule has 3 rings (SSSR count). The van der Waals surface area contributed by atoms with Gasteiger partial charge in [-0.25, -0.2) is 0 Å². The monoisotopic (exact) mass is 373 g/mol. The number of aromatic nitrogens is 1. The molecule has 0 aliphatic rings. The molecule has 134 valence electrons. The van der Waals surface area contributed by atoms with Crippen LogP contribution in [0.2, 0.25) is 5.35 Å². The van der Waals surface area contributed by atoms with Crippen LogP contribution in [0.3, 0.4) is 0 Å². The number of fused-ring (bicyclic) bond motifs is 1. The third-order valence-electron chi connectivity index (χ3n) is 3.64. The molecule has 0 atom stereocenters. The van der Waals surface area contributed by atoms with Gasteiger partial charge in [0.25, 0.3) is 11.3 Å². The first kappa shape index (κ1) is 17.8. The number of hydrogen-bond acceptors (Lipinski definition) is 5. The van der Waals surface area contributed by atoms with Gasteiger partial charge in [-0.1, -0.05) is 12.1 Å². The summed E-state index contributed by atoms with van der Waals surface area (Å²) in [5.41, 5.74) is 1.99. The maximum absolute atomic E-state index is 12.2. The number of oxazole rings is 1. The average Bonchev–Trinajstić information content (AvgIpc) is 3.01. The van der Waals surface area contributed by atoms with E-state index in [4.69, 9.17) is 20.8 Å². The summed E-state index contributed by atoms with van der Waals surface area (Å²) in [6.07, 6.45) is 0.127. The summed E-state index contributed by atoms with van der Waals surface area (Å²) < 4.78 is 10.3. The molecule has 7 nitrogen and oxygen atoms in total. The molecule has 2 amide bonds. The molecule has 1 aromatic heterocycles. The molecule has 0 saturated carbocycles.